The molecule has 0 saturated heterocycles. The van der Waals surface area contributed by atoms with Crippen LogP contribution in [0.5, 0.6) is 23.0 Å². The first kappa shape index (κ1) is 21.7. The number of amides is 1. The molecule has 1 fully saturated rings. The van der Waals surface area contributed by atoms with Crippen molar-refractivity contribution < 1.29 is 41.3 Å². The average molecular weight is 467 g/mol. The van der Waals surface area contributed by atoms with Gasteiger partial charge in [-0.2, -0.15) is 8.78 Å². The zero-order valence-corrected chi connectivity index (χ0v) is 17.8. The maximum atomic E-state index is 13.4. The number of rotatable bonds is 5. The van der Waals surface area contributed by atoms with Crippen LogP contribution in [0.15, 0.2) is 36.4 Å². The van der Waals surface area contributed by atoms with E-state index in [-0.39, 0.29) is 23.2 Å². The molecule has 1 unspecified atom stereocenters. The van der Waals surface area contributed by atoms with Crippen LogP contribution in [0.25, 0.3) is 0 Å². The molecule has 2 aliphatic heterocycles. The van der Waals surface area contributed by atoms with Gasteiger partial charge in [-0.05, 0) is 56.5 Å². The van der Waals surface area contributed by atoms with E-state index < -0.39 is 30.0 Å². The largest absolute Gasteiger partial charge is 0.586 e. The summed E-state index contributed by atoms with van der Waals surface area (Å²) in [5.41, 5.74) is -0.328. The Balaban J connectivity index is 1.39. The van der Waals surface area contributed by atoms with E-state index in [9.17, 15) is 22.4 Å². The summed E-state index contributed by atoms with van der Waals surface area (Å²) in [5.74, 6) is -0.135. The standard InChI is InChI=1S/C23H21F4NO5/c1-21(2)11-15(14-5-4-13(30-20(24)25)10-17(14)31-21)28-19(29)22(7-8-22)12-3-6-16-18(9-12)33-23(26,27)32-16/h3-6,9-10,15,20H,7-8,11H2,1-2H3,(H,28,29). The van der Waals surface area contributed by atoms with E-state index in [2.05, 4.69) is 19.5 Å². The lowest BCUT2D eigenvalue weighted by Crippen LogP contribution is -2.44. The molecule has 1 N–H and O–H groups in total. The van der Waals surface area contributed by atoms with E-state index >= 15 is 0 Å². The van der Waals surface area contributed by atoms with Crippen LogP contribution in [0.3, 0.4) is 0 Å². The van der Waals surface area contributed by atoms with Crippen LogP contribution in [-0.2, 0) is 10.2 Å². The number of carbonyl (C=O) groups is 1. The fourth-order valence-electron chi connectivity index (χ4n) is 4.45. The molecule has 3 aliphatic rings. The zero-order valence-electron chi connectivity index (χ0n) is 17.8. The molecule has 0 radical (unpaired) electrons. The Kier molecular flexibility index (Phi) is 4.70. The summed E-state index contributed by atoms with van der Waals surface area (Å²) in [4.78, 5) is 13.4. The summed E-state index contributed by atoms with van der Waals surface area (Å²) in [6, 6.07) is 8.31. The summed E-state index contributed by atoms with van der Waals surface area (Å²) in [6.07, 6.45) is -2.18. The van der Waals surface area contributed by atoms with Crippen LogP contribution in [0.2, 0.25) is 0 Å². The average Bonchev–Trinajstić information content (AvgIpc) is 3.43. The molecule has 10 heteroatoms. The van der Waals surface area contributed by atoms with Crippen molar-refractivity contribution in [2.24, 2.45) is 0 Å². The Labute approximate surface area is 186 Å². The molecular weight excluding hydrogens is 446 g/mol. The van der Waals surface area contributed by atoms with E-state index in [4.69, 9.17) is 4.74 Å². The highest BCUT2D eigenvalue weighted by Gasteiger charge is 2.53. The van der Waals surface area contributed by atoms with E-state index in [1.807, 2.05) is 13.8 Å². The van der Waals surface area contributed by atoms with Crippen LogP contribution in [-0.4, -0.2) is 24.4 Å². The molecule has 5 rings (SSSR count). The third-order valence-electron chi connectivity index (χ3n) is 6.11. The third kappa shape index (κ3) is 4.02. The van der Waals surface area contributed by atoms with Gasteiger partial charge in [0.05, 0.1) is 11.5 Å². The van der Waals surface area contributed by atoms with Gasteiger partial charge in [-0.3, -0.25) is 4.79 Å². The maximum Gasteiger partial charge on any atom is 0.586 e. The Morgan fingerprint density at radius 1 is 1.03 bits per heavy atom. The summed E-state index contributed by atoms with van der Waals surface area (Å²) < 4.78 is 71.3. The normalized spacial score (nSPS) is 22.8. The van der Waals surface area contributed by atoms with Gasteiger partial charge in [-0.25, -0.2) is 0 Å². The molecule has 0 bridgehead atoms. The first-order valence-corrected chi connectivity index (χ1v) is 10.5. The third-order valence-corrected chi connectivity index (χ3v) is 6.11. The van der Waals surface area contributed by atoms with Gasteiger partial charge in [0.25, 0.3) is 0 Å². The molecule has 2 heterocycles. The minimum Gasteiger partial charge on any atom is -0.487 e. The lowest BCUT2D eigenvalue weighted by atomic mass is 9.88. The molecule has 2 aromatic carbocycles. The highest BCUT2D eigenvalue weighted by Crippen LogP contribution is 2.52. The van der Waals surface area contributed by atoms with Crippen LogP contribution < -0.4 is 24.3 Å². The second-order valence-corrected chi connectivity index (χ2v) is 9.08. The predicted octanol–water partition coefficient (Wildman–Crippen LogP) is 5.06. The van der Waals surface area contributed by atoms with Gasteiger partial charge in [0.2, 0.25) is 5.91 Å². The van der Waals surface area contributed by atoms with Crippen LogP contribution in [0.4, 0.5) is 17.6 Å². The van der Waals surface area contributed by atoms with Crippen molar-refractivity contribution in [3.8, 4) is 23.0 Å². The monoisotopic (exact) mass is 467 g/mol. The van der Waals surface area contributed by atoms with Gasteiger partial charge < -0.3 is 24.3 Å². The maximum absolute atomic E-state index is 13.4. The Hall–Kier alpha value is -3.17. The lowest BCUT2D eigenvalue weighted by Gasteiger charge is -2.38. The van der Waals surface area contributed by atoms with E-state index in [0.717, 1.165) is 0 Å². The number of hydrogen-bond donors (Lipinski definition) is 1. The molecule has 176 valence electrons. The first-order valence-electron chi connectivity index (χ1n) is 10.5. The van der Waals surface area contributed by atoms with Crippen molar-refractivity contribution in [3.63, 3.8) is 0 Å². The highest BCUT2D eigenvalue weighted by atomic mass is 19.3. The Bertz CT molecular complexity index is 1120. The van der Waals surface area contributed by atoms with Crippen molar-refractivity contribution in [1.29, 1.82) is 0 Å². The molecule has 33 heavy (non-hydrogen) atoms. The zero-order chi connectivity index (χ0) is 23.6. The van der Waals surface area contributed by atoms with Crippen molar-refractivity contribution >= 4 is 5.91 Å². The minimum absolute atomic E-state index is 0.0395. The van der Waals surface area contributed by atoms with Gasteiger partial charge in [0.1, 0.15) is 17.1 Å². The summed E-state index contributed by atoms with van der Waals surface area (Å²) in [7, 11) is 0. The van der Waals surface area contributed by atoms with Crippen molar-refractivity contribution in [3.05, 3.63) is 47.5 Å². The van der Waals surface area contributed by atoms with Gasteiger partial charge in [0, 0.05) is 18.1 Å². The van der Waals surface area contributed by atoms with Gasteiger partial charge in [-0.15, -0.1) is 8.78 Å². The van der Waals surface area contributed by atoms with E-state index in [1.165, 1.54) is 24.3 Å². The molecule has 6 nitrogen and oxygen atoms in total. The smallest absolute Gasteiger partial charge is 0.487 e. The van der Waals surface area contributed by atoms with Crippen LogP contribution in [0.1, 0.15) is 50.3 Å². The number of benzene rings is 2. The SMILES string of the molecule is CC1(C)CC(NC(=O)C2(c3ccc4c(c3)OC(F)(F)O4)CC2)c2ccc(OC(F)F)cc2O1. The Morgan fingerprint density at radius 2 is 1.76 bits per heavy atom. The van der Waals surface area contributed by atoms with Gasteiger partial charge in [-0.1, -0.05) is 6.07 Å². The van der Waals surface area contributed by atoms with Crippen LogP contribution >= 0.6 is 0 Å². The number of fused-ring (bicyclic) bond motifs is 2. The molecule has 0 aromatic heterocycles. The molecule has 1 aliphatic carbocycles. The summed E-state index contributed by atoms with van der Waals surface area (Å²) >= 11 is 0. The molecule has 0 spiro atoms. The van der Waals surface area contributed by atoms with Crippen molar-refractivity contribution in [2.75, 3.05) is 0 Å². The molecule has 1 saturated carbocycles. The number of carbonyl (C=O) groups excluding carboxylic acids is 1. The second-order valence-electron chi connectivity index (χ2n) is 9.08. The number of hydrogen-bond acceptors (Lipinski definition) is 5. The number of halogens is 4. The van der Waals surface area contributed by atoms with E-state index in [0.29, 0.717) is 36.1 Å². The highest BCUT2D eigenvalue weighted by molar-refractivity contribution is 5.92. The van der Waals surface area contributed by atoms with Gasteiger partial charge in [0.15, 0.2) is 11.5 Å². The van der Waals surface area contributed by atoms with Gasteiger partial charge >= 0.3 is 12.9 Å². The number of ether oxygens (including phenoxy) is 4. The molecule has 1 atom stereocenters. The van der Waals surface area contributed by atoms with E-state index in [1.54, 1.807) is 12.1 Å². The summed E-state index contributed by atoms with van der Waals surface area (Å²) in [6.45, 7) is 0.702. The Morgan fingerprint density at radius 3 is 2.45 bits per heavy atom. The van der Waals surface area contributed by atoms with Crippen molar-refractivity contribution in [2.45, 2.75) is 63.1 Å². The van der Waals surface area contributed by atoms with Crippen LogP contribution in [0, 0.1) is 0 Å². The number of nitrogens with one attached hydrogen (secondary N) is 1. The topological polar surface area (TPSA) is 66.0 Å². The minimum atomic E-state index is -3.73. The second kappa shape index (κ2) is 7.16. The molecule has 2 aromatic rings. The van der Waals surface area contributed by atoms with Crippen molar-refractivity contribution in [1.82, 2.24) is 5.32 Å². The fraction of sp³-hybridized carbons (Fsp3) is 0.435. The summed E-state index contributed by atoms with van der Waals surface area (Å²) in [5, 5.41) is 3.05. The lowest BCUT2D eigenvalue weighted by molar-refractivity contribution is -0.286. The quantitative estimate of drug-likeness (QED) is 0.623. The number of alkyl halides is 4. The first-order chi connectivity index (χ1) is 15.5. The fourth-order valence-corrected chi connectivity index (χ4v) is 4.45. The molecule has 1 amide bonds. The predicted molar refractivity (Wildman–Crippen MR) is 107 cm³/mol. The molecular formula is C23H21F4NO5.